The van der Waals surface area contributed by atoms with Crippen molar-refractivity contribution in [3.8, 4) is 0 Å². The Morgan fingerprint density at radius 3 is 2.57 bits per heavy atom. The first-order chi connectivity index (χ1) is 9.72. The zero-order valence-corrected chi connectivity index (χ0v) is 12.6. The van der Waals surface area contributed by atoms with Crippen LogP contribution >= 0.6 is 11.6 Å². The van der Waals surface area contributed by atoms with E-state index in [1.807, 2.05) is 0 Å². The van der Waals surface area contributed by atoms with Crippen molar-refractivity contribution in [2.24, 2.45) is 0 Å². The van der Waals surface area contributed by atoms with Crippen molar-refractivity contribution in [3.63, 3.8) is 0 Å². The van der Waals surface area contributed by atoms with E-state index in [4.69, 9.17) is 21.2 Å². The molecule has 0 saturated carbocycles. The van der Waals surface area contributed by atoms with Gasteiger partial charge in [-0.15, -0.1) is 0 Å². The average molecular weight is 331 g/mol. The summed E-state index contributed by atoms with van der Waals surface area (Å²) in [6.07, 6.45) is 0. The number of benzene rings is 1. The maximum Gasteiger partial charge on any atom is 0.337 e. The quantitative estimate of drug-likeness (QED) is 0.891. The number of aryl methyl sites for hydroxylation is 2. The Balaban J connectivity index is 2.42. The lowest BCUT2D eigenvalue weighted by Gasteiger charge is -2.09. The third-order valence-corrected chi connectivity index (χ3v) is 4.64. The van der Waals surface area contributed by atoms with Gasteiger partial charge in [-0.3, -0.25) is 4.72 Å². The van der Waals surface area contributed by atoms with Gasteiger partial charge in [-0.05, 0) is 32.0 Å². The minimum atomic E-state index is -3.93. The monoisotopic (exact) mass is 330 g/mol. The molecule has 0 bridgehead atoms. The molecule has 0 aliphatic rings. The Hall–Kier alpha value is -2.06. The van der Waals surface area contributed by atoms with E-state index < -0.39 is 16.0 Å². The van der Waals surface area contributed by atoms with Crippen LogP contribution in [0, 0.1) is 13.8 Å². The summed E-state index contributed by atoms with van der Waals surface area (Å²) < 4.78 is 31.6. The number of anilines is 1. The van der Waals surface area contributed by atoms with E-state index in [0.29, 0.717) is 0 Å². The van der Waals surface area contributed by atoms with Gasteiger partial charge in [-0.25, -0.2) is 13.2 Å². The summed E-state index contributed by atoms with van der Waals surface area (Å²) in [6.45, 7) is 2.97. The van der Waals surface area contributed by atoms with Gasteiger partial charge in [0.25, 0.3) is 10.0 Å². The number of hydrogen-bond donors (Lipinski definition) is 2. The second-order valence-corrected chi connectivity index (χ2v) is 6.29. The van der Waals surface area contributed by atoms with E-state index in [2.05, 4.69) is 9.88 Å². The van der Waals surface area contributed by atoms with Gasteiger partial charge in [-0.2, -0.15) is 0 Å². The Morgan fingerprint density at radius 2 is 2.05 bits per heavy atom. The first kappa shape index (κ1) is 15.3. The maximum absolute atomic E-state index is 12.3. The predicted octanol–water partition coefficient (Wildman–Crippen LogP) is 2.44. The van der Waals surface area contributed by atoms with Crippen molar-refractivity contribution in [1.29, 1.82) is 0 Å². The normalized spacial score (nSPS) is 11.4. The smallest absolute Gasteiger partial charge is 0.337 e. The Kier molecular flexibility index (Phi) is 3.93. The summed E-state index contributed by atoms with van der Waals surface area (Å²) in [5, 5.41) is 12.6. The molecule has 9 heteroatoms. The molecule has 2 aromatic rings. The van der Waals surface area contributed by atoms with Gasteiger partial charge in [0.2, 0.25) is 0 Å². The number of nitrogens with zero attached hydrogens (tertiary/aromatic N) is 1. The highest BCUT2D eigenvalue weighted by atomic mass is 35.5. The lowest BCUT2D eigenvalue weighted by atomic mass is 10.2. The molecule has 1 aromatic heterocycles. The minimum absolute atomic E-state index is 0.0165. The van der Waals surface area contributed by atoms with E-state index in [9.17, 15) is 13.2 Å². The van der Waals surface area contributed by atoms with Crippen LogP contribution in [0.5, 0.6) is 0 Å². The van der Waals surface area contributed by atoms with Gasteiger partial charge in [0.15, 0.2) is 10.7 Å². The third kappa shape index (κ3) is 3.01. The van der Waals surface area contributed by atoms with E-state index >= 15 is 0 Å². The molecule has 2 rings (SSSR count). The number of nitrogens with one attached hydrogen (secondary N) is 1. The molecule has 0 amide bonds. The molecule has 0 saturated heterocycles. The number of carboxylic acids is 1. The average Bonchev–Trinajstić information content (AvgIpc) is 2.71. The predicted molar refractivity (Wildman–Crippen MR) is 75.2 cm³/mol. The fraction of sp³-hybridized carbons (Fsp3) is 0.167. The molecule has 0 unspecified atom stereocenters. The molecule has 0 spiro atoms. The molecule has 1 aromatic carbocycles. The van der Waals surface area contributed by atoms with Crippen LogP contribution in [0.25, 0.3) is 0 Å². The van der Waals surface area contributed by atoms with E-state index in [0.717, 1.165) is 6.07 Å². The number of carboxylic acid groups (broad SMARTS) is 1. The van der Waals surface area contributed by atoms with Crippen molar-refractivity contribution in [2.45, 2.75) is 18.7 Å². The summed E-state index contributed by atoms with van der Waals surface area (Å²) in [4.78, 5) is 10.9. The first-order valence-electron chi connectivity index (χ1n) is 5.71. The molecule has 0 fully saturated rings. The van der Waals surface area contributed by atoms with Crippen LogP contribution < -0.4 is 4.72 Å². The van der Waals surface area contributed by atoms with Gasteiger partial charge in [0.1, 0.15) is 5.69 Å². The van der Waals surface area contributed by atoms with Crippen molar-refractivity contribution in [1.82, 2.24) is 5.16 Å². The molecule has 0 aliphatic carbocycles. The number of aromatic carboxylic acids is 1. The highest BCUT2D eigenvalue weighted by Gasteiger charge is 2.24. The van der Waals surface area contributed by atoms with Crippen molar-refractivity contribution in [2.75, 3.05) is 4.72 Å². The summed E-state index contributed by atoms with van der Waals surface area (Å²) in [5.41, 5.74) is 0.0971. The standard InChI is InChI=1S/C12H11ClN2O5S/c1-6-11(7(2)20-14-6)21(18,19)15-8-3-4-10(13)9(5-8)12(16)17/h3-5,15H,1-2H3,(H,16,17). The van der Waals surface area contributed by atoms with E-state index in [-0.39, 0.29) is 32.6 Å². The van der Waals surface area contributed by atoms with E-state index in [1.54, 1.807) is 0 Å². The Morgan fingerprint density at radius 1 is 1.38 bits per heavy atom. The number of hydrogen-bond acceptors (Lipinski definition) is 5. The van der Waals surface area contributed by atoms with Crippen LogP contribution in [0.3, 0.4) is 0 Å². The van der Waals surface area contributed by atoms with Crippen LogP contribution in [-0.4, -0.2) is 24.7 Å². The molecule has 0 aliphatic heterocycles. The third-order valence-electron chi connectivity index (χ3n) is 2.69. The fourth-order valence-electron chi connectivity index (χ4n) is 1.82. The number of sulfonamides is 1. The molecule has 0 atom stereocenters. The molecule has 1 heterocycles. The second kappa shape index (κ2) is 5.38. The number of carbonyl (C=O) groups is 1. The summed E-state index contributed by atoms with van der Waals surface area (Å²) >= 11 is 5.73. The molecule has 7 nitrogen and oxygen atoms in total. The zero-order chi connectivity index (χ0) is 15.8. The lowest BCUT2D eigenvalue weighted by molar-refractivity contribution is 0.0697. The van der Waals surface area contributed by atoms with E-state index in [1.165, 1.54) is 26.0 Å². The van der Waals surface area contributed by atoms with Crippen molar-refractivity contribution in [3.05, 3.63) is 40.2 Å². The van der Waals surface area contributed by atoms with Gasteiger partial charge < -0.3 is 9.63 Å². The number of rotatable bonds is 4. The van der Waals surface area contributed by atoms with Crippen LogP contribution in [0.15, 0.2) is 27.6 Å². The topological polar surface area (TPSA) is 110 Å². The van der Waals surface area contributed by atoms with Crippen molar-refractivity contribution >= 4 is 33.3 Å². The molecule has 2 N–H and O–H groups in total. The SMILES string of the molecule is Cc1noc(C)c1S(=O)(=O)Nc1ccc(Cl)c(C(=O)O)c1. The highest BCUT2D eigenvalue weighted by Crippen LogP contribution is 2.25. The van der Waals surface area contributed by atoms with Gasteiger partial charge in [-0.1, -0.05) is 16.8 Å². The summed E-state index contributed by atoms with van der Waals surface area (Å²) in [5.74, 6) is -1.11. The van der Waals surface area contributed by atoms with Crippen LogP contribution in [0.2, 0.25) is 5.02 Å². The Bertz CT molecular complexity index is 794. The van der Waals surface area contributed by atoms with Gasteiger partial charge >= 0.3 is 5.97 Å². The molecular formula is C12H11ClN2O5S. The first-order valence-corrected chi connectivity index (χ1v) is 7.57. The highest BCUT2D eigenvalue weighted by molar-refractivity contribution is 7.92. The van der Waals surface area contributed by atoms with Gasteiger partial charge in [0, 0.05) is 5.69 Å². The largest absolute Gasteiger partial charge is 0.478 e. The molecule has 0 radical (unpaired) electrons. The molecule has 112 valence electrons. The zero-order valence-electron chi connectivity index (χ0n) is 11.0. The molecule has 21 heavy (non-hydrogen) atoms. The van der Waals surface area contributed by atoms with Crippen LogP contribution in [-0.2, 0) is 10.0 Å². The minimum Gasteiger partial charge on any atom is -0.478 e. The second-order valence-electron chi connectivity index (χ2n) is 4.26. The fourth-order valence-corrected chi connectivity index (χ4v) is 3.40. The Labute approximate surface area is 125 Å². The maximum atomic E-state index is 12.3. The number of halogens is 1. The summed E-state index contributed by atoms with van der Waals surface area (Å²) in [6, 6.07) is 3.81. The number of aromatic nitrogens is 1. The van der Waals surface area contributed by atoms with Gasteiger partial charge in [0.05, 0.1) is 10.6 Å². The van der Waals surface area contributed by atoms with Crippen molar-refractivity contribution < 1.29 is 22.8 Å². The lowest BCUT2D eigenvalue weighted by Crippen LogP contribution is -2.15. The van der Waals surface area contributed by atoms with Crippen LogP contribution in [0.4, 0.5) is 5.69 Å². The van der Waals surface area contributed by atoms with Crippen LogP contribution in [0.1, 0.15) is 21.8 Å². The summed E-state index contributed by atoms with van der Waals surface area (Å²) in [7, 11) is -3.93. The molecular weight excluding hydrogens is 320 g/mol.